The van der Waals surface area contributed by atoms with Gasteiger partial charge in [0.1, 0.15) is 16.7 Å². The fourth-order valence-corrected chi connectivity index (χ4v) is 3.40. The first-order chi connectivity index (χ1) is 12.6. The summed E-state index contributed by atoms with van der Waals surface area (Å²) < 4.78 is 19.1. The highest BCUT2D eigenvalue weighted by molar-refractivity contribution is 7.00. The van der Waals surface area contributed by atoms with Crippen LogP contribution in [0.3, 0.4) is 0 Å². The Hall–Kier alpha value is -3.33. The molecule has 0 aliphatic rings. The summed E-state index contributed by atoms with van der Waals surface area (Å²) in [5, 5.41) is 13.5. The molecule has 26 heavy (non-hydrogen) atoms. The Bertz CT molecular complexity index is 1130. The minimum absolute atomic E-state index is 0.0375. The number of rotatable bonds is 5. The first-order valence-corrected chi connectivity index (χ1v) is 8.34. The fourth-order valence-electron chi connectivity index (χ4n) is 2.85. The van der Waals surface area contributed by atoms with Crippen LogP contribution in [-0.4, -0.2) is 39.0 Å². The van der Waals surface area contributed by atoms with Crippen molar-refractivity contribution in [3.8, 4) is 11.5 Å². The molecular formula is C17H14N4O4S. The molecule has 4 aromatic rings. The molecule has 0 saturated heterocycles. The zero-order valence-corrected chi connectivity index (χ0v) is 14.7. The molecule has 0 aliphatic heterocycles. The van der Waals surface area contributed by atoms with E-state index in [1.165, 1.54) is 14.2 Å². The molecule has 0 bridgehead atoms. The molecule has 0 spiro atoms. The SMILES string of the molecule is COc1cc2[nH]c(C(=O)O)c(Nc3cccc4nsnc34)c2cc1OC. The lowest BCUT2D eigenvalue weighted by molar-refractivity contribution is 0.0692. The number of nitrogens with zero attached hydrogens (tertiary/aromatic N) is 2. The highest BCUT2D eigenvalue weighted by Gasteiger charge is 2.20. The standard InChI is InChI=1S/C17H14N4O4S/c1-24-12-6-8-11(7-13(12)25-2)19-16(17(22)23)14(8)18-9-4-3-5-10-15(9)21-26-20-10/h3-7,18-19H,1-2H3,(H,22,23). The first-order valence-electron chi connectivity index (χ1n) is 7.61. The maximum atomic E-state index is 11.7. The fraction of sp³-hybridized carbons (Fsp3) is 0.118. The molecule has 8 nitrogen and oxygen atoms in total. The van der Waals surface area contributed by atoms with Crippen LogP contribution in [0.2, 0.25) is 0 Å². The van der Waals surface area contributed by atoms with Gasteiger partial charge in [0.05, 0.1) is 42.8 Å². The van der Waals surface area contributed by atoms with Crippen molar-refractivity contribution in [2.24, 2.45) is 0 Å². The molecule has 9 heteroatoms. The van der Waals surface area contributed by atoms with Crippen molar-refractivity contribution >= 4 is 51.0 Å². The van der Waals surface area contributed by atoms with Crippen molar-refractivity contribution in [2.45, 2.75) is 0 Å². The van der Waals surface area contributed by atoms with E-state index in [1.807, 2.05) is 18.2 Å². The second-order valence-electron chi connectivity index (χ2n) is 5.50. The highest BCUT2D eigenvalue weighted by atomic mass is 32.1. The van der Waals surface area contributed by atoms with E-state index < -0.39 is 5.97 Å². The van der Waals surface area contributed by atoms with E-state index in [1.54, 1.807) is 12.1 Å². The number of ether oxygens (including phenoxy) is 2. The summed E-state index contributed by atoms with van der Waals surface area (Å²) in [6.07, 6.45) is 0. The molecule has 2 aromatic carbocycles. The van der Waals surface area contributed by atoms with Crippen LogP contribution in [0.25, 0.3) is 21.9 Å². The van der Waals surface area contributed by atoms with Gasteiger partial charge in [-0.2, -0.15) is 8.75 Å². The highest BCUT2D eigenvalue weighted by Crippen LogP contribution is 2.39. The van der Waals surface area contributed by atoms with Crippen LogP contribution in [0.15, 0.2) is 30.3 Å². The topological polar surface area (TPSA) is 109 Å². The summed E-state index contributed by atoms with van der Waals surface area (Å²) >= 11 is 1.10. The van der Waals surface area contributed by atoms with Crippen molar-refractivity contribution < 1.29 is 19.4 Å². The molecule has 3 N–H and O–H groups in total. The van der Waals surface area contributed by atoms with Gasteiger partial charge in [-0.3, -0.25) is 0 Å². The molecule has 4 rings (SSSR count). The van der Waals surface area contributed by atoms with Crippen LogP contribution >= 0.6 is 11.7 Å². The second-order valence-corrected chi connectivity index (χ2v) is 6.02. The van der Waals surface area contributed by atoms with Crippen molar-refractivity contribution in [3.63, 3.8) is 0 Å². The zero-order valence-electron chi connectivity index (χ0n) is 13.9. The Labute approximate surface area is 151 Å². The van der Waals surface area contributed by atoms with Gasteiger partial charge < -0.3 is 24.9 Å². The number of hydrogen-bond donors (Lipinski definition) is 3. The number of carboxylic acids is 1. The van der Waals surface area contributed by atoms with Gasteiger partial charge in [-0.05, 0) is 18.2 Å². The summed E-state index contributed by atoms with van der Waals surface area (Å²) in [5.74, 6) is -0.0618. The van der Waals surface area contributed by atoms with E-state index in [2.05, 4.69) is 19.0 Å². The largest absolute Gasteiger partial charge is 0.493 e. The van der Waals surface area contributed by atoms with Gasteiger partial charge in [-0.15, -0.1) is 0 Å². The van der Waals surface area contributed by atoms with Crippen LogP contribution in [0.5, 0.6) is 11.5 Å². The quantitative estimate of drug-likeness (QED) is 0.492. The third-order valence-electron chi connectivity index (χ3n) is 4.06. The van der Waals surface area contributed by atoms with Gasteiger partial charge in [0.2, 0.25) is 0 Å². The number of benzene rings is 2. The number of aromatic carboxylic acids is 1. The molecule has 0 unspecified atom stereocenters. The van der Waals surface area contributed by atoms with E-state index in [0.29, 0.717) is 39.3 Å². The number of aromatic nitrogens is 3. The van der Waals surface area contributed by atoms with E-state index in [-0.39, 0.29) is 5.69 Å². The normalized spacial score (nSPS) is 11.0. The number of anilines is 2. The first kappa shape index (κ1) is 16.2. The van der Waals surface area contributed by atoms with Gasteiger partial charge in [-0.25, -0.2) is 4.79 Å². The van der Waals surface area contributed by atoms with Crippen LogP contribution in [0.1, 0.15) is 10.5 Å². The molecule has 0 aliphatic carbocycles. The minimum atomic E-state index is -1.08. The van der Waals surface area contributed by atoms with Crippen molar-refractivity contribution in [2.75, 3.05) is 19.5 Å². The maximum absolute atomic E-state index is 11.7. The maximum Gasteiger partial charge on any atom is 0.354 e. The number of H-pyrrole nitrogens is 1. The molecule has 0 radical (unpaired) electrons. The molecule has 0 atom stereocenters. The number of aromatic amines is 1. The summed E-state index contributed by atoms with van der Waals surface area (Å²) in [4.78, 5) is 14.7. The third kappa shape index (κ3) is 2.49. The van der Waals surface area contributed by atoms with Gasteiger partial charge in [0.25, 0.3) is 0 Å². The molecule has 0 saturated carbocycles. The molecular weight excluding hydrogens is 356 g/mol. The Morgan fingerprint density at radius 1 is 1.19 bits per heavy atom. The molecule has 132 valence electrons. The Morgan fingerprint density at radius 2 is 1.96 bits per heavy atom. The van der Waals surface area contributed by atoms with E-state index in [4.69, 9.17) is 9.47 Å². The predicted octanol–water partition coefficient (Wildman–Crippen LogP) is 3.63. The van der Waals surface area contributed by atoms with E-state index in [0.717, 1.165) is 17.2 Å². The van der Waals surface area contributed by atoms with Crippen LogP contribution in [0, 0.1) is 0 Å². The Morgan fingerprint density at radius 3 is 2.69 bits per heavy atom. The number of carboxylic acid groups (broad SMARTS) is 1. The van der Waals surface area contributed by atoms with E-state index in [9.17, 15) is 9.90 Å². The van der Waals surface area contributed by atoms with Crippen molar-refractivity contribution in [1.29, 1.82) is 0 Å². The summed E-state index contributed by atoms with van der Waals surface area (Å²) in [5.41, 5.74) is 3.18. The lowest BCUT2D eigenvalue weighted by atomic mass is 10.1. The minimum Gasteiger partial charge on any atom is -0.493 e. The third-order valence-corrected chi connectivity index (χ3v) is 4.60. The van der Waals surface area contributed by atoms with Gasteiger partial charge in [0, 0.05) is 11.5 Å². The summed E-state index contributed by atoms with van der Waals surface area (Å²) in [6.45, 7) is 0. The molecule has 2 heterocycles. The van der Waals surface area contributed by atoms with Gasteiger partial charge >= 0.3 is 5.97 Å². The van der Waals surface area contributed by atoms with Crippen LogP contribution in [0.4, 0.5) is 11.4 Å². The molecule has 0 amide bonds. The van der Waals surface area contributed by atoms with Gasteiger partial charge in [-0.1, -0.05) is 6.07 Å². The lowest BCUT2D eigenvalue weighted by Gasteiger charge is -2.09. The number of fused-ring (bicyclic) bond motifs is 2. The zero-order chi connectivity index (χ0) is 18.3. The lowest BCUT2D eigenvalue weighted by Crippen LogP contribution is -2.02. The van der Waals surface area contributed by atoms with Crippen LogP contribution in [-0.2, 0) is 0 Å². The Balaban J connectivity index is 1.93. The predicted molar refractivity (Wildman–Crippen MR) is 99.1 cm³/mol. The summed E-state index contributed by atoms with van der Waals surface area (Å²) in [6, 6.07) is 8.96. The van der Waals surface area contributed by atoms with Crippen LogP contribution < -0.4 is 14.8 Å². The monoisotopic (exact) mass is 370 g/mol. The number of carbonyl (C=O) groups is 1. The average Bonchev–Trinajstić information content (AvgIpc) is 3.25. The van der Waals surface area contributed by atoms with Gasteiger partial charge in [0.15, 0.2) is 11.5 Å². The average molecular weight is 370 g/mol. The Kier molecular flexibility index (Phi) is 3.85. The second kappa shape index (κ2) is 6.19. The summed E-state index contributed by atoms with van der Waals surface area (Å²) in [7, 11) is 3.06. The number of methoxy groups -OCH3 is 2. The van der Waals surface area contributed by atoms with Crippen molar-refractivity contribution in [1.82, 2.24) is 13.7 Å². The smallest absolute Gasteiger partial charge is 0.354 e. The number of hydrogen-bond acceptors (Lipinski definition) is 7. The molecule has 0 fully saturated rings. The number of nitrogens with one attached hydrogen (secondary N) is 2. The molecule has 2 aromatic heterocycles. The van der Waals surface area contributed by atoms with E-state index >= 15 is 0 Å². The van der Waals surface area contributed by atoms with Crippen molar-refractivity contribution in [3.05, 3.63) is 36.0 Å².